The predicted molar refractivity (Wildman–Crippen MR) is 63.4 cm³/mol. The van der Waals surface area contributed by atoms with Crippen molar-refractivity contribution >= 4 is 17.3 Å². The highest BCUT2D eigenvalue weighted by atomic mass is 16.6. The largest absolute Gasteiger partial charge is 0.480 e. The second-order valence-corrected chi connectivity index (χ2v) is 3.69. The summed E-state index contributed by atoms with van der Waals surface area (Å²) in [4.78, 5) is 22.5. The highest BCUT2D eigenvalue weighted by molar-refractivity contribution is 5.74. The summed E-state index contributed by atoms with van der Waals surface area (Å²) in [5.41, 5.74) is 1.27. The van der Waals surface area contributed by atoms with E-state index in [1.165, 1.54) is 12.1 Å². The van der Waals surface area contributed by atoms with Gasteiger partial charge in [-0.15, -0.1) is 0 Å². The molecular formula is C11H14N2O4. The molecule has 6 heteroatoms. The van der Waals surface area contributed by atoms with Crippen molar-refractivity contribution < 1.29 is 14.8 Å². The quantitative estimate of drug-likeness (QED) is 0.624. The molecule has 0 unspecified atom stereocenters. The summed E-state index contributed by atoms with van der Waals surface area (Å²) in [5, 5.41) is 19.5. The number of hydrogen-bond donors (Lipinski definition) is 1. The molecule has 0 saturated carbocycles. The highest BCUT2D eigenvalue weighted by Crippen LogP contribution is 2.23. The fourth-order valence-corrected chi connectivity index (χ4v) is 1.58. The molecule has 0 aromatic heterocycles. The van der Waals surface area contributed by atoms with Crippen molar-refractivity contribution in [1.29, 1.82) is 0 Å². The highest BCUT2D eigenvalue weighted by Gasteiger charge is 2.14. The third-order valence-corrected chi connectivity index (χ3v) is 2.33. The van der Waals surface area contributed by atoms with Crippen molar-refractivity contribution in [2.24, 2.45) is 0 Å². The minimum atomic E-state index is -0.962. The van der Waals surface area contributed by atoms with Crippen molar-refractivity contribution in [3.8, 4) is 0 Å². The Morgan fingerprint density at radius 1 is 1.47 bits per heavy atom. The number of carboxylic acids is 1. The lowest BCUT2D eigenvalue weighted by molar-refractivity contribution is -0.384. The third-order valence-electron chi connectivity index (χ3n) is 2.33. The Bertz CT molecular complexity index is 445. The molecule has 0 aliphatic heterocycles. The molecule has 0 heterocycles. The van der Waals surface area contributed by atoms with E-state index >= 15 is 0 Å². The second-order valence-electron chi connectivity index (χ2n) is 3.69. The van der Waals surface area contributed by atoms with Crippen molar-refractivity contribution in [2.75, 3.05) is 18.0 Å². The van der Waals surface area contributed by atoms with Crippen LogP contribution in [0, 0.1) is 17.0 Å². The van der Waals surface area contributed by atoms with Gasteiger partial charge in [-0.25, -0.2) is 0 Å². The molecule has 1 rings (SSSR count). The first kappa shape index (κ1) is 13.0. The molecule has 0 fully saturated rings. The molecule has 1 N–H and O–H groups in total. The Balaban J connectivity index is 3.10. The number of aryl methyl sites for hydroxylation is 1. The molecule has 0 radical (unpaired) electrons. The molecule has 0 aliphatic rings. The van der Waals surface area contributed by atoms with Gasteiger partial charge in [-0.1, -0.05) is 0 Å². The van der Waals surface area contributed by atoms with Gasteiger partial charge in [0.1, 0.15) is 6.54 Å². The van der Waals surface area contributed by atoms with E-state index in [1.54, 1.807) is 24.8 Å². The smallest absolute Gasteiger partial charge is 0.323 e. The summed E-state index contributed by atoms with van der Waals surface area (Å²) in [7, 11) is 0. The van der Waals surface area contributed by atoms with Crippen LogP contribution in [0.15, 0.2) is 18.2 Å². The van der Waals surface area contributed by atoms with Crippen LogP contribution in [-0.4, -0.2) is 29.1 Å². The summed E-state index contributed by atoms with van der Waals surface area (Å²) in [6.07, 6.45) is 0. The van der Waals surface area contributed by atoms with Gasteiger partial charge in [0.2, 0.25) is 0 Å². The normalized spacial score (nSPS) is 10.0. The van der Waals surface area contributed by atoms with Gasteiger partial charge >= 0.3 is 5.97 Å². The number of carboxylic acid groups (broad SMARTS) is 1. The molecule has 0 bridgehead atoms. The van der Waals surface area contributed by atoms with E-state index in [0.717, 1.165) is 5.56 Å². The summed E-state index contributed by atoms with van der Waals surface area (Å²) in [6, 6.07) is 4.58. The second kappa shape index (κ2) is 5.29. The first-order valence-electron chi connectivity index (χ1n) is 5.17. The van der Waals surface area contributed by atoms with Gasteiger partial charge in [-0.3, -0.25) is 14.9 Å². The van der Waals surface area contributed by atoms with E-state index in [1.807, 2.05) is 0 Å². The fourth-order valence-electron chi connectivity index (χ4n) is 1.58. The van der Waals surface area contributed by atoms with Crippen LogP contribution in [0.1, 0.15) is 12.5 Å². The number of carbonyl (C=O) groups is 1. The molecule has 1 aromatic carbocycles. The Hall–Kier alpha value is -2.11. The number of hydrogen-bond acceptors (Lipinski definition) is 4. The van der Waals surface area contributed by atoms with Gasteiger partial charge in [0.05, 0.1) is 4.92 Å². The third kappa shape index (κ3) is 3.44. The van der Waals surface area contributed by atoms with E-state index in [9.17, 15) is 14.9 Å². The zero-order valence-electron chi connectivity index (χ0n) is 9.71. The zero-order chi connectivity index (χ0) is 13.0. The molecule has 1 aromatic rings. The van der Waals surface area contributed by atoms with Crippen LogP contribution in [0.25, 0.3) is 0 Å². The van der Waals surface area contributed by atoms with E-state index in [-0.39, 0.29) is 12.2 Å². The van der Waals surface area contributed by atoms with Crippen LogP contribution >= 0.6 is 0 Å². The monoisotopic (exact) mass is 238 g/mol. The van der Waals surface area contributed by atoms with Crippen molar-refractivity contribution in [2.45, 2.75) is 13.8 Å². The first-order valence-corrected chi connectivity index (χ1v) is 5.17. The van der Waals surface area contributed by atoms with Gasteiger partial charge < -0.3 is 10.0 Å². The lowest BCUT2D eigenvalue weighted by Gasteiger charge is -2.20. The van der Waals surface area contributed by atoms with Gasteiger partial charge in [0.15, 0.2) is 0 Å². The maximum Gasteiger partial charge on any atom is 0.323 e. The van der Waals surface area contributed by atoms with Gasteiger partial charge in [-0.05, 0) is 25.5 Å². The maximum absolute atomic E-state index is 10.7. The molecular weight excluding hydrogens is 224 g/mol. The first-order chi connectivity index (χ1) is 7.93. The number of nitro groups is 1. The van der Waals surface area contributed by atoms with Crippen LogP contribution in [0.2, 0.25) is 0 Å². The van der Waals surface area contributed by atoms with Crippen molar-refractivity contribution in [3.05, 3.63) is 33.9 Å². The van der Waals surface area contributed by atoms with Gasteiger partial charge in [-0.2, -0.15) is 0 Å². The van der Waals surface area contributed by atoms with E-state index in [0.29, 0.717) is 12.2 Å². The predicted octanol–water partition coefficient (Wildman–Crippen LogP) is 1.81. The molecule has 6 nitrogen and oxygen atoms in total. The Labute approximate surface area is 98.6 Å². The Kier molecular flexibility index (Phi) is 4.03. The van der Waals surface area contributed by atoms with Gasteiger partial charge in [0.25, 0.3) is 5.69 Å². The number of aliphatic carboxylic acids is 1. The molecule has 0 atom stereocenters. The molecule has 0 amide bonds. The number of rotatable bonds is 5. The summed E-state index contributed by atoms with van der Waals surface area (Å²) in [5.74, 6) is -0.962. The Morgan fingerprint density at radius 3 is 2.59 bits per heavy atom. The van der Waals surface area contributed by atoms with Gasteiger partial charge in [0, 0.05) is 24.4 Å². The molecule has 92 valence electrons. The lowest BCUT2D eigenvalue weighted by Crippen LogP contribution is -2.29. The molecule has 0 saturated heterocycles. The number of nitro benzene ring substituents is 1. The minimum Gasteiger partial charge on any atom is -0.480 e. The average molecular weight is 238 g/mol. The van der Waals surface area contributed by atoms with E-state index in [2.05, 4.69) is 0 Å². The van der Waals surface area contributed by atoms with Crippen LogP contribution in [0.3, 0.4) is 0 Å². The van der Waals surface area contributed by atoms with Crippen LogP contribution < -0.4 is 4.90 Å². The maximum atomic E-state index is 10.7. The topological polar surface area (TPSA) is 83.7 Å². The number of nitrogens with zero attached hydrogens (tertiary/aromatic N) is 2. The minimum absolute atomic E-state index is 0.0242. The number of anilines is 1. The molecule has 17 heavy (non-hydrogen) atoms. The molecule has 0 spiro atoms. The average Bonchev–Trinajstić information content (AvgIpc) is 2.24. The fraction of sp³-hybridized carbons (Fsp3) is 0.364. The van der Waals surface area contributed by atoms with Crippen LogP contribution in [0.4, 0.5) is 11.4 Å². The lowest BCUT2D eigenvalue weighted by atomic mass is 10.2. The number of benzene rings is 1. The van der Waals surface area contributed by atoms with Crippen molar-refractivity contribution in [3.63, 3.8) is 0 Å². The van der Waals surface area contributed by atoms with Crippen molar-refractivity contribution in [1.82, 2.24) is 0 Å². The standard InChI is InChI=1S/C11H14N2O4/c1-3-12(7-11(14)15)9-4-8(2)5-10(6-9)13(16)17/h4-6H,3,7H2,1-2H3,(H,14,15). The van der Waals surface area contributed by atoms with Crippen LogP contribution in [0.5, 0.6) is 0 Å². The molecule has 0 aliphatic carbocycles. The Morgan fingerprint density at radius 2 is 2.12 bits per heavy atom. The number of non-ortho nitro benzene ring substituents is 1. The zero-order valence-corrected chi connectivity index (χ0v) is 9.71. The SMILES string of the molecule is CCN(CC(=O)O)c1cc(C)cc([N+](=O)[O-])c1. The summed E-state index contributed by atoms with van der Waals surface area (Å²) >= 11 is 0. The van der Waals surface area contributed by atoms with Crippen LogP contribution in [-0.2, 0) is 4.79 Å². The summed E-state index contributed by atoms with van der Waals surface area (Å²) in [6.45, 7) is 3.85. The number of likely N-dealkylation sites (N-methyl/N-ethyl adjacent to an activating group) is 1. The van der Waals surface area contributed by atoms with E-state index in [4.69, 9.17) is 5.11 Å². The summed E-state index contributed by atoms with van der Waals surface area (Å²) < 4.78 is 0. The van der Waals surface area contributed by atoms with E-state index < -0.39 is 10.9 Å².